The van der Waals surface area contributed by atoms with Gasteiger partial charge in [-0.3, -0.25) is 19.6 Å². The predicted octanol–water partition coefficient (Wildman–Crippen LogP) is 2.27. The lowest BCUT2D eigenvalue weighted by atomic mass is 10.0. The van der Waals surface area contributed by atoms with E-state index in [2.05, 4.69) is 50.2 Å². The maximum Gasteiger partial charge on any atom is 0.271 e. The second kappa shape index (κ2) is 10.4. The Morgan fingerprint density at radius 3 is 2.65 bits per heavy atom. The van der Waals surface area contributed by atoms with Crippen LogP contribution in [0.2, 0.25) is 0 Å². The summed E-state index contributed by atoms with van der Waals surface area (Å²) < 4.78 is 0. The molecule has 1 aromatic heterocycles. The third-order valence-electron chi connectivity index (χ3n) is 6.73. The van der Waals surface area contributed by atoms with Crippen LogP contribution in [0.1, 0.15) is 33.1 Å². The number of nitrogens with one attached hydrogen (secondary N) is 2. The van der Waals surface area contributed by atoms with E-state index in [1.807, 2.05) is 24.3 Å². The molecule has 2 N–H and O–H groups in total. The van der Waals surface area contributed by atoms with Crippen molar-refractivity contribution in [1.82, 2.24) is 25.0 Å². The van der Waals surface area contributed by atoms with Crippen molar-refractivity contribution in [2.45, 2.75) is 51.4 Å². The maximum atomic E-state index is 12.7. The number of anilines is 1. The van der Waals surface area contributed by atoms with E-state index in [1.54, 1.807) is 12.4 Å². The van der Waals surface area contributed by atoms with Crippen molar-refractivity contribution in [1.29, 1.82) is 0 Å². The van der Waals surface area contributed by atoms with Crippen molar-refractivity contribution in [3.8, 4) is 0 Å². The predicted molar refractivity (Wildman–Crippen MR) is 125 cm³/mol. The van der Waals surface area contributed by atoms with E-state index in [4.69, 9.17) is 0 Å². The number of hydrogen-bond donors (Lipinski definition) is 2. The normalized spacial score (nSPS) is 24.5. The molecule has 7 nitrogen and oxygen atoms in total. The first-order valence-corrected chi connectivity index (χ1v) is 11.7. The lowest BCUT2D eigenvalue weighted by molar-refractivity contribution is -0.113. The van der Waals surface area contributed by atoms with Gasteiger partial charge in [0.05, 0.1) is 18.1 Å². The molecule has 168 valence electrons. The Morgan fingerprint density at radius 1 is 1.13 bits per heavy atom. The largest absolute Gasteiger partial charge is 0.362 e. The van der Waals surface area contributed by atoms with Gasteiger partial charge in [-0.05, 0) is 77.0 Å². The summed E-state index contributed by atoms with van der Waals surface area (Å²) in [4.78, 5) is 24.5. The molecule has 1 atom stereocenters. The molecule has 0 saturated carbocycles. The molecule has 1 unspecified atom stereocenters. The third-order valence-corrected chi connectivity index (χ3v) is 6.73. The molecule has 1 amide bonds. The number of dihydropyridines is 1. The molecular formula is C24H36N6O. The van der Waals surface area contributed by atoms with Gasteiger partial charge in [0.1, 0.15) is 5.70 Å². The molecule has 0 spiro atoms. The number of aromatic nitrogens is 1. The van der Waals surface area contributed by atoms with Gasteiger partial charge in [0, 0.05) is 37.9 Å². The average Bonchev–Trinajstić information content (AvgIpc) is 3.06. The highest BCUT2D eigenvalue weighted by Gasteiger charge is 2.29. The first-order chi connectivity index (χ1) is 15.1. The van der Waals surface area contributed by atoms with E-state index in [0.29, 0.717) is 23.5 Å². The molecule has 1 aromatic rings. The monoisotopic (exact) mass is 424 g/mol. The van der Waals surface area contributed by atoms with Crippen LogP contribution < -0.4 is 10.6 Å². The fourth-order valence-corrected chi connectivity index (χ4v) is 4.87. The first kappa shape index (κ1) is 22.0. The smallest absolute Gasteiger partial charge is 0.271 e. The summed E-state index contributed by atoms with van der Waals surface area (Å²) in [5, 5.41) is 6.34. The van der Waals surface area contributed by atoms with E-state index in [-0.39, 0.29) is 12.1 Å². The number of carbonyl (C=O) groups excluding carboxylic acids is 1. The highest BCUT2D eigenvalue weighted by molar-refractivity contribution is 6.03. The van der Waals surface area contributed by atoms with Gasteiger partial charge in [-0.15, -0.1) is 0 Å². The second-order valence-electron chi connectivity index (χ2n) is 9.04. The van der Waals surface area contributed by atoms with Gasteiger partial charge in [0.2, 0.25) is 0 Å². The highest BCUT2D eigenvalue weighted by Crippen LogP contribution is 2.21. The molecule has 0 aliphatic carbocycles. The molecule has 2 saturated heterocycles. The number of amides is 1. The zero-order valence-electron chi connectivity index (χ0n) is 18.8. The summed E-state index contributed by atoms with van der Waals surface area (Å²) in [6.45, 7) is 11.4. The van der Waals surface area contributed by atoms with Crippen molar-refractivity contribution in [3.05, 3.63) is 48.5 Å². The minimum atomic E-state index is -0.129. The fourth-order valence-electron chi connectivity index (χ4n) is 4.87. The van der Waals surface area contributed by atoms with Crippen LogP contribution in [0, 0.1) is 0 Å². The lowest BCUT2D eigenvalue weighted by Crippen LogP contribution is -2.50. The summed E-state index contributed by atoms with van der Waals surface area (Å²) in [5.41, 5.74) is 1.30. The Bertz CT molecular complexity index is 785. The number of hydrogen-bond acceptors (Lipinski definition) is 6. The van der Waals surface area contributed by atoms with Gasteiger partial charge < -0.3 is 15.5 Å². The van der Waals surface area contributed by atoms with Gasteiger partial charge in [-0.25, -0.2) is 0 Å². The third kappa shape index (κ3) is 5.73. The molecule has 0 aromatic carbocycles. The number of carbonyl (C=O) groups is 1. The Labute approximate surface area is 186 Å². The molecule has 0 radical (unpaired) electrons. The van der Waals surface area contributed by atoms with Crippen molar-refractivity contribution in [2.24, 2.45) is 0 Å². The van der Waals surface area contributed by atoms with Crippen LogP contribution >= 0.6 is 0 Å². The van der Waals surface area contributed by atoms with E-state index in [0.717, 1.165) is 26.1 Å². The fraction of sp³-hybridized carbons (Fsp3) is 0.583. The van der Waals surface area contributed by atoms with Gasteiger partial charge in [0.15, 0.2) is 0 Å². The molecule has 7 heteroatoms. The van der Waals surface area contributed by atoms with Gasteiger partial charge >= 0.3 is 0 Å². The van der Waals surface area contributed by atoms with E-state index in [1.165, 1.54) is 32.5 Å². The zero-order chi connectivity index (χ0) is 21.6. The van der Waals surface area contributed by atoms with E-state index >= 15 is 0 Å². The van der Waals surface area contributed by atoms with Crippen molar-refractivity contribution < 1.29 is 4.79 Å². The number of pyridine rings is 1. The van der Waals surface area contributed by atoms with Crippen LogP contribution in [0.15, 0.2) is 48.5 Å². The number of likely N-dealkylation sites (tertiary alicyclic amines) is 1. The minimum Gasteiger partial charge on any atom is -0.362 e. The van der Waals surface area contributed by atoms with Gasteiger partial charge in [-0.2, -0.15) is 0 Å². The summed E-state index contributed by atoms with van der Waals surface area (Å²) in [6, 6.07) is 5.03. The van der Waals surface area contributed by atoms with Crippen LogP contribution in [0.25, 0.3) is 0 Å². The van der Waals surface area contributed by atoms with Crippen LogP contribution in [-0.2, 0) is 4.79 Å². The van der Waals surface area contributed by atoms with Gasteiger partial charge in [0.25, 0.3) is 5.91 Å². The first-order valence-electron chi connectivity index (χ1n) is 11.7. The number of allylic oxidation sites excluding steroid dienone is 2. The topological polar surface area (TPSA) is 63.7 Å². The molecule has 31 heavy (non-hydrogen) atoms. The Kier molecular flexibility index (Phi) is 7.37. The van der Waals surface area contributed by atoms with Gasteiger partial charge in [-0.1, -0.05) is 6.08 Å². The van der Waals surface area contributed by atoms with E-state index in [9.17, 15) is 4.79 Å². The Balaban J connectivity index is 1.28. The average molecular weight is 425 g/mol. The molecule has 0 bridgehead atoms. The number of rotatable bonds is 5. The molecule has 4 heterocycles. The van der Waals surface area contributed by atoms with Crippen LogP contribution in [0.4, 0.5) is 5.69 Å². The number of nitrogens with zero attached hydrogens (tertiary/aromatic N) is 4. The minimum absolute atomic E-state index is 0.0578. The van der Waals surface area contributed by atoms with Crippen molar-refractivity contribution >= 4 is 11.6 Å². The zero-order valence-corrected chi connectivity index (χ0v) is 18.8. The van der Waals surface area contributed by atoms with Crippen LogP contribution in [0.5, 0.6) is 0 Å². The maximum absolute atomic E-state index is 12.7. The summed E-state index contributed by atoms with van der Waals surface area (Å²) in [7, 11) is 0. The summed E-state index contributed by atoms with van der Waals surface area (Å²) >= 11 is 0. The van der Waals surface area contributed by atoms with Crippen molar-refractivity contribution in [2.75, 3.05) is 44.6 Å². The summed E-state index contributed by atoms with van der Waals surface area (Å²) in [6.07, 6.45) is 13.1. The van der Waals surface area contributed by atoms with Crippen LogP contribution in [0.3, 0.4) is 0 Å². The van der Waals surface area contributed by atoms with Crippen molar-refractivity contribution in [3.63, 3.8) is 0 Å². The quantitative estimate of drug-likeness (QED) is 0.756. The Hall–Kier alpha value is -2.22. The lowest BCUT2D eigenvalue weighted by Gasteiger charge is -2.39. The molecule has 3 aliphatic heterocycles. The molecule has 3 aliphatic rings. The Morgan fingerprint density at radius 2 is 1.90 bits per heavy atom. The highest BCUT2D eigenvalue weighted by atomic mass is 16.2. The van der Waals surface area contributed by atoms with Crippen LogP contribution in [-0.4, -0.2) is 83.1 Å². The number of piperidine rings is 1. The molecular weight excluding hydrogens is 388 g/mol. The summed E-state index contributed by atoms with van der Waals surface area (Å²) in [5.74, 6) is -0.129. The standard InChI is InChI=1S/C24H36N6O/c1-19(2)28-14-9-21(10-15-28)29-12-5-13-30(17-16-29)23-8-3-7-22(27-23)24(31)26-20-6-4-11-25-18-20/h3-4,6-8,11,18-19,21,23,27H,5,9-10,12-17H2,1-2H3,(H,26,31). The molecule has 4 rings (SSSR count). The SMILES string of the molecule is CC(C)N1CCC(N2CCCN(C3C=CC=C(C(=O)Nc4cccnc4)N3)CC2)CC1. The second-order valence-corrected chi connectivity index (χ2v) is 9.04. The molecule has 2 fully saturated rings. The van der Waals surface area contributed by atoms with E-state index < -0.39 is 0 Å².